The molecule has 1 fully saturated rings. The number of nitrogens with zero attached hydrogens (tertiary/aromatic N) is 3. The molecule has 6 nitrogen and oxygen atoms in total. The molecule has 3 rings (SSSR count). The highest BCUT2D eigenvalue weighted by molar-refractivity contribution is 5.79. The maximum absolute atomic E-state index is 5.93. The van der Waals surface area contributed by atoms with Crippen molar-refractivity contribution in [1.82, 2.24) is 15.6 Å². The van der Waals surface area contributed by atoms with Gasteiger partial charge in [0.2, 0.25) is 0 Å². The van der Waals surface area contributed by atoms with E-state index in [2.05, 4.69) is 56.7 Å². The minimum absolute atomic E-state index is 0.115. The molecule has 1 unspecified atom stereocenters. The van der Waals surface area contributed by atoms with Crippen LogP contribution in [0.5, 0.6) is 0 Å². The van der Waals surface area contributed by atoms with E-state index in [9.17, 15) is 0 Å². The van der Waals surface area contributed by atoms with Gasteiger partial charge in [0.1, 0.15) is 5.82 Å². The number of nitrogens with one attached hydrogen (secondary N) is 2. The summed E-state index contributed by atoms with van der Waals surface area (Å²) in [6, 6.07) is 14.6. The zero-order chi connectivity index (χ0) is 21.0. The quantitative estimate of drug-likeness (QED) is 0.374. The molecule has 2 aromatic rings. The van der Waals surface area contributed by atoms with Gasteiger partial charge < -0.3 is 20.3 Å². The highest BCUT2D eigenvalue weighted by Crippen LogP contribution is 2.18. The molecule has 162 valence electrons. The highest BCUT2D eigenvalue weighted by atomic mass is 16.5. The predicted molar refractivity (Wildman–Crippen MR) is 124 cm³/mol. The SMILES string of the molecule is CN=C(NCCCOC(C)c1ccccc1)NCc1ccnc(N2CCCCC2)c1. The number of aliphatic imine (C=N–C) groups is 1. The third kappa shape index (κ3) is 7.02. The lowest BCUT2D eigenvalue weighted by Crippen LogP contribution is -2.37. The second-order valence-corrected chi connectivity index (χ2v) is 7.70. The number of piperidine rings is 1. The van der Waals surface area contributed by atoms with Crippen LogP contribution in [-0.4, -0.2) is 44.2 Å². The molecule has 1 aliphatic rings. The van der Waals surface area contributed by atoms with E-state index in [1.54, 1.807) is 7.05 Å². The van der Waals surface area contributed by atoms with Crippen LogP contribution in [0.4, 0.5) is 5.82 Å². The highest BCUT2D eigenvalue weighted by Gasteiger charge is 2.12. The Kier molecular flexibility index (Phi) is 8.97. The Balaban J connectivity index is 1.36. The number of ether oxygens (including phenoxy) is 1. The van der Waals surface area contributed by atoms with Crippen LogP contribution in [0.15, 0.2) is 53.7 Å². The summed E-state index contributed by atoms with van der Waals surface area (Å²) in [5.41, 5.74) is 2.43. The number of hydrogen-bond acceptors (Lipinski definition) is 4. The van der Waals surface area contributed by atoms with Crippen molar-refractivity contribution >= 4 is 11.8 Å². The van der Waals surface area contributed by atoms with E-state index in [1.165, 1.54) is 30.4 Å². The van der Waals surface area contributed by atoms with E-state index in [0.717, 1.165) is 44.4 Å². The van der Waals surface area contributed by atoms with Crippen LogP contribution in [0.3, 0.4) is 0 Å². The Bertz CT molecular complexity index is 774. The molecule has 0 amide bonds. The Labute approximate surface area is 180 Å². The first-order chi connectivity index (χ1) is 14.8. The van der Waals surface area contributed by atoms with Crippen LogP contribution < -0.4 is 15.5 Å². The van der Waals surface area contributed by atoms with Crippen LogP contribution in [0.25, 0.3) is 0 Å². The molecule has 0 spiro atoms. The molecule has 1 aromatic carbocycles. The van der Waals surface area contributed by atoms with E-state index in [-0.39, 0.29) is 6.10 Å². The fourth-order valence-electron chi connectivity index (χ4n) is 3.63. The van der Waals surface area contributed by atoms with Crippen molar-refractivity contribution in [3.8, 4) is 0 Å². The third-order valence-electron chi connectivity index (χ3n) is 5.42. The monoisotopic (exact) mass is 409 g/mol. The van der Waals surface area contributed by atoms with Crippen molar-refractivity contribution in [1.29, 1.82) is 0 Å². The van der Waals surface area contributed by atoms with Gasteiger partial charge in [-0.05, 0) is 55.9 Å². The van der Waals surface area contributed by atoms with Crippen molar-refractivity contribution < 1.29 is 4.74 Å². The van der Waals surface area contributed by atoms with E-state index in [4.69, 9.17) is 4.74 Å². The number of guanidine groups is 1. The standard InChI is InChI=1S/C24H35N5O/c1-20(22-10-5-3-6-11-22)30-17-9-13-27-24(25-2)28-19-21-12-14-26-23(18-21)29-15-7-4-8-16-29/h3,5-6,10-12,14,18,20H,4,7-9,13,15-17,19H2,1-2H3,(H2,25,27,28). The smallest absolute Gasteiger partial charge is 0.191 e. The zero-order valence-corrected chi connectivity index (χ0v) is 18.3. The van der Waals surface area contributed by atoms with Gasteiger partial charge in [-0.15, -0.1) is 0 Å². The topological polar surface area (TPSA) is 61.8 Å². The summed E-state index contributed by atoms with van der Waals surface area (Å²) < 4.78 is 5.93. The molecule has 2 heterocycles. The molecule has 0 aliphatic carbocycles. The van der Waals surface area contributed by atoms with Gasteiger partial charge >= 0.3 is 0 Å². The van der Waals surface area contributed by atoms with Gasteiger partial charge in [0.25, 0.3) is 0 Å². The normalized spacial score (nSPS) is 15.7. The van der Waals surface area contributed by atoms with Crippen LogP contribution in [-0.2, 0) is 11.3 Å². The lowest BCUT2D eigenvalue weighted by atomic mass is 10.1. The molecular formula is C24H35N5O. The summed E-state index contributed by atoms with van der Waals surface area (Å²) in [5, 5.41) is 6.76. The number of pyridine rings is 1. The van der Waals surface area contributed by atoms with Gasteiger partial charge in [-0.3, -0.25) is 4.99 Å². The number of hydrogen-bond donors (Lipinski definition) is 2. The van der Waals surface area contributed by atoms with Gasteiger partial charge in [-0.1, -0.05) is 30.3 Å². The molecule has 1 aromatic heterocycles. The summed E-state index contributed by atoms with van der Waals surface area (Å²) in [6.07, 6.45) is 6.79. The van der Waals surface area contributed by atoms with Crippen molar-refractivity contribution in [2.45, 2.75) is 45.3 Å². The fraction of sp³-hybridized carbons (Fsp3) is 0.500. The van der Waals surface area contributed by atoms with Crippen molar-refractivity contribution in [3.63, 3.8) is 0 Å². The second kappa shape index (κ2) is 12.2. The molecule has 0 bridgehead atoms. The molecule has 30 heavy (non-hydrogen) atoms. The average molecular weight is 410 g/mol. The van der Waals surface area contributed by atoms with E-state index >= 15 is 0 Å². The van der Waals surface area contributed by atoms with Crippen molar-refractivity contribution in [2.75, 3.05) is 38.2 Å². The molecular weight excluding hydrogens is 374 g/mol. The first kappa shape index (κ1) is 22.1. The molecule has 1 aliphatic heterocycles. The summed E-state index contributed by atoms with van der Waals surface area (Å²) in [5.74, 6) is 1.89. The van der Waals surface area contributed by atoms with Crippen LogP contribution in [0.1, 0.15) is 49.8 Å². The average Bonchev–Trinajstić information content (AvgIpc) is 2.82. The van der Waals surface area contributed by atoms with Gasteiger partial charge in [0.15, 0.2) is 5.96 Å². The third-order valence-corrected chi connectivity index (χ3v) is 5.42. The fourth-order valence-corrected chi connectivity index (χ4v) is 3.63. The number of anilines is 1. The Morgan fingerprint density at radius 1 is 1.13 bits per heavy atom. The minimum Gasteiger partial charge on any atom is -0.374 e. The molecule has 0 saturated carbocycles. The van der Waals surface area contributed by atoms with Crippen LogP contribution >= 0.6 is 0 Å². The van der Waals surface area contributed by atoms with E-state index in [0.29, 0.717) is 6.61 Å². The Morgan fingerprint density at radius 3 is 2.70 bits per heavy atom. The first-order valence-electron chi connectivity index (χ1n) is 11.1. The lowest BCUT2D eigenvalue weighted by Gasteiger charge is -2.28. The molecule has 2 N–H and O–H groups in total. The maximum atomic E-state index is 5.93. The number of benzene rings is 1. The zero-order valence-electron chi connectivity index (χ0n) is 18.3. The van der Waals surface area contributed by atoms with Crippen LogP contribution in [0.2, 0.25) is 0 Å². The van der Waals surface area contributed by atoms with Gasteiger partial charge in [-0.25, -0.2) is 4.98 Å². The summed E-state index contributed by atoms with van der Waals surface area (Å²) in [7, 11) is 1.80. The first-order valence-corrected chi connectivity index (χ1v) is 11.1. The Morgan fingerprint density at radius 2 is 1.93 bits per heavy atom. The van der Waals surface area contributed by atoms with E-state index in [1.807, 2.05) is 24.4 Å². The number of rotatable bonds is 9. The van der Waals surface area contributed by atoms with Crippen molar-refractivity contribution in [2.24, 2.45) is 4.99 Å². The van der Waals surface area contributed by atoms with Crippen LogP contribution in [0, 0.1) is 0 Å². The summed E-state index contributed by atoms with van der Waals surface area (Å²) in [6.45, 7) is 6.57. The second-order valence-electron chi connectivity index (χ2n) is 7.70. The predicted octanol–water partition coefficient (Wildman–Crippen LogP) is 3.90. The summed E-state index contributed by atoms with van der Waals surface area (Å²) >= 11 is 0. The maximum Gasteiger partial charge on any atom is 0.191 e. The van der Waals surface area contributed by atoms with Gasteiger partial charge in [0.05, 0.1) is 6.10 Å². The summed E-state index contributed by atoms with van der Waals surface area (Å²) in [4.78, 5) is 11.3. The largest absolute Gasteiger partial charge is 0.374 e. The lowest BCUT2D eigenvalue weighted by molar-refractivity contribution is 0.0646. The molecule has 1 saturated heterocycles. The number of aromatic nitrogens is 1. The minimum atomic E-state index is 0.115. The van der Waals surface area contributed by atoms with Gasteiger partial charge in [0, 0.05) is 46.0 Å². The van der Waals surface area contributed by atoms with Crippen molar-refractivity contribution in [3.05, 3.63) is 59.8 Å². The molecule has 0 radical (unpaired) electrons. The van der Waals surface area contributed by atoms with Gasteiger partial charge in [-0.2, -0.15) is 0 Å². The molecule has 6 heteroatoms. The molecule has 1 atom stereocenters. The van der Waals surface area contributed by atoms with E-state index < -0.39 is 0 Å². The Hall–Kier alpha value is -2.60.